The van der Waals surface area contributed by atoms with Gasteiger partial charge < -0.3 is 10.8 Å². The maximum absolute atomic E-state index is 10.2. The van der Waals surface area contributed by atoms with Crippen molar-refractivity contribution in [3.05, 3.63) is 58.3 Å². The van der Waals surface area contributed by atoms with Crippen LogP contribution in [0, 0.1) is 0 Å². The molecule has 0 saturated carbocycles. The first kappa shape index (κ1) is 15.2. The summed E-state index contributed by atoms with van der Waals surface area (Å²) in [6, 6.07) is 14.0. The highest BCUT2D eigenvalue weighted by atomic mass is 32.1. The van der Waals surface area contributed by atoms with E-state index in [1.807, 2.05) is 43.4 Å². The molecule has 0 fully saturated rings. The number of nitrogens with two attached hydrogens (primary N) is 1. The molecule has 0 radical (unpaired) electrons. The quantitative estimate of drug-likeness (QED) is 0.821. The van der Waals surface area contributed by atoms with Crippen molar-refractivity contribution in [3.63, 3.8) is 0 Å². The summed E-state index contributed by atoms with van der Waals surface area (Å²) in [4.78, 5) is 3.41. The zero-order chi connectivity index (χ0) is 14.4. The van der Waals surface area contributed by atoms with E-state index in [2.05, 4.69) is 16.3 Å². The molecule has 2 unspecified atom stereocenters. The Balaban J connectivity index is 1.80. The van der Waals surface area contributed by atoms with Gasteiger partial charge in [-0.05, 0) is 30.5 Å². The van der Waals surface area contributed by atoms with Crippen LogP contribution in [0.15, 0.2) is 47.8 Å². The lowest BCUT2D eigenvalue weighted by Gasteiger charge is -2.24. The summed E-state index contributed by atoms with van der Waals surface area (Å²) in [7, 11) is 2.01. The van der Waals surface area contributed by atoms with Crippen molar-refractivity contribution >= 4 is 11.3 Å². The first-order valence-electron chi connectivity index (χ1n) is 6.83. The van der Waals surface area contributed by atoms with Gasteiger partial charge in [0.2, 0.25) is 0 Å². The molecule has 1 heterocycles. The van der Waals surface area contributed by atoms with Crippen molar-refractivity contribution in [2.75, 3.05) is 13.6 Å². The van der Waals surface area contributed by atoms with Crippen LogP contribution >= 0.6 is 11.3 Å². The molecule has 1 aromatic carbocycles. The van der Waals surface area contributed by atoms with Gasteiger partial charge in [0.05, 0.1) is 6.10 Å². The fourth-order valence-corrected chi connectivity index (χ4v) is 2.99. The number of rotatable bonds is 7. The molecule has 0 aliphatic rings. The molecular formula is C16H22N2OS. The fourth-order valence-electron chi connectivity index (χ4n) is 2.21. The van der Waals surface area contributed by atoms with Crippen LogP contribution in [0.5, 0.6) is 0 Å². The molecule has 0 saturated heterocycles. The Morgan fingerprint density at radius 1 is 1.20 bits per heavy atom. The van der Waals surface area contributed by atoms with Crippen LogP contribution < -0.4 is 5.73 Å². The van der Waals surface area contributed by atoms with E-state index in [1.54, 1.807) is 11.3 Å². The van der Waals surface area contributed by atoms with Crippen LogP contribution in [0.3, 0.4) is 0 Å². The minimum Gasteiger partial charge on any atom is -0.390 e. The second kappa shape index (κ2) is 7.55. The first-order valence-corrected chi connectivity index (χ1v) is 7.71. The molecule has 0 bridgehead atoms. The molecule has 2 aromatic rings. The lowest BCUT2D eigenvalue weighted by Crippen LogP contribution is -2.43. The van der Waals surface area contributed by atoms with Crippen LogP contribution in [-0.2, 0) is 13.0 Å². The molecule has 108 valence electrons. The van der Waals surface area contributed by atoms with Gasteiger partial charge >= 0.3 is 0 Å². The Bertz CT molecular complexity index is 486. The highest BCUT2D eigenvalue weighted by Gasteiger charge is 2.17. The van der Waals surface area contributed by atoms with Crippen molar-refractivity contribution in [2.45, 2.75) is 25.1 Å². The summed E-state index contributed by atoms with van der Waals surface area (Å²) in [5.74, 6) is 0. The Labute approximate surface area is 124 Å². The number of aliphatic hydroxyl groups excluding tert-OH is 1. The van der Waals surface area contributed by atoms with Gasteiger partial charge in [-0.25, -0.2) is 0 Å². The van der Waals surface area contributed by atoms with Crippen molar-refractivity contribution in [1.29, 1.82) is 0 Å². The van der Waals surface area contributed by atoms with Gasteiger partial charge in [0.1, 0.15) is 0 Å². The molecule has 4 heteroatoms. The highest BCUT2D eigenvalue weighted by Crippen LogP contribution is 2.12. The average Bonchev–Trinajstić information content (AvgIpc) is 2.92. The molecule has 0 spiro atoms. The Morgan fingerprint density at radius 2 is 1.95 bits per heavy atom. The molecular weight excluding hydrogens is 268 g/mol. The lowest BCUT2D eigenvalue weighted by atomic mass is 10.0. The summed E-state index contributed by atoms with van der Waals surface area (Å²) in [5.41, 5.74) is 7.26. The van der Waals surface area contributed by atoms with Gasteiger partial charge in [-0.2, -0.15) is 0 Å². The molecule has 2 atom stereocenters. The van der Waals surface area contributed by atoms with E-state index in [1.165, 1.54) is 10.4 Å². The number of hydrogen-bond donors (Lipinski definition) is 2. The van der Waals surface area contributed by atoms with Crippen molar-refractivity contribution in [2.24, 2.45) is 5.73 Å². The van der Waals surface area contributed by atoms with Gasteiger partial charge in [-0.15, -0.1) is 11.3 Å². The Hall–Kier alpha value is -1.20. The number of hydrogen-bond acceptors (Lipinski definition) is 4. The average molecular weight is 290 g/mol. The predicted molar refractivity (Wildman–Crippen MR) is 84.8 cm³/mol. The van der Waals surface area contributed by atoms with E-state index >= 15 is 0 Å². The summed E-state index contributed by atoms with van der Waals surface area (Å²) < 4.78 is 0. The van der Waals surface area contributed by atoms with Crippen LogP contribution in [0.4, 0.5) is 0 Å². The third-order valence-electron chi connectivity index (χ3n) is 3.31. The van der Waals surface area contributed by atoms with Crippen molar-refractivity contribution in [3.8, 4) is 0 Å². The molecule has 3 N–H and O–H groups in total. The largest absolute Gasteiger partial charge is 0.390 e. The van der Waals surface area contributed by atoms with Gasteiger partial charge in [0, 0.05) is 24.0 Å². The first-order chi connectivity index (χ1) is 9.65. The summed E-state index contributed by atoms with van der Waals surface area (Å²) >= 11 is 1.73. The van der Waals surface area contributed by atoms with E-state index in [0.717, 1.165) is 6.54 Å². The standard InChI is InChI=1S/C16H22N2OS/c1-18(11-14-8-5-9-20-14)12-16(19)15(17)10-13-6-3-2-4-7-13/h2-9,15-16,19H,10-12,17H2,1H3. The van der Waals surface area contributed by atoms with Gasteiger partial charge in [0.25, 0.3) is 0 Å². The molecule has 3 nitrogen and oxygen atoms in total. The third-order valence-corrected chi connectivity index (χ3v) is 4.17. The number of thiophene rings is 1. The number of likely N-dealkylation sites (N-methyl/N-ethyl adjacent to an activating group) is 1. The number of nitrogens with zero attached hydrogens (tertiary/aromatic N) is 1. The monoisotopic (exact) mass is 290 g/mol. The van der Waals surface area contributed by atoms with E-state index < -0.39 is 6.10 Å². The predicted octanol–water partition coefficient (Wildman–Crippen LogP) is 2.11. The number of aliphatic hydroxyl groups is 1. The van der Waals surface area contributed by atoms with Gasteiger partial charge in [-0.3, -0.25) is 4.90 Å². The summed E-state index contributed by atoms with van der Waals surface area (Å²) in [6.07, 6.45) is 0.189. The topological polar surface area (TPSA) is 49.5 Å². The lowest BCUT2D eigenvalue weighted by molar-refractivity contribution is 0.0996. The van der Waals surface area contributed by atoms with E-state index in [-0.39, 0.29) is 6.04 Å². The molecule has 1 aromatic heterocycles. The fraction of sp³-hybridized carbons (Fsp3) is 0.375. The second-order valence-corrected chi connectivity index (χ2v) is 6.23. The maximum atomic E-state index is 10.2. The van der Waals surface area contributed by atoms with Crippen LogP contribution in [-0.4, -0.2) is 35.7 Å². The maximum Gasteiger partial charge on any atom is 0.0820 e. The molecule has 2 rings (SSSR count). The Morgan fingerprint density at radius 3 is 2.60 bits per heavy atom. The minimum atomic E-state index is -0.514. The molecule has 20 heavy (non-hydrogen) atoms. The van der Waals surface area contributed by atoms with E-state index in [0.29, 0.717) is 13.0 Å². The van der Waals surface area contributed by atoms with Crippen LogP contribution in [0.2, 0.25) is 0 Å². The zero-order valence-electron chi connectivity index (χ0n) is 11.8. The van der Waals surface area contributed by atoms with Gasteiger partial charge in [0.15, 0.2) is 0 Å². The zero-order valence-corrected chi connectivity index (χ0v) is 12.6. The molecule has 0 aliphatic heterocycles. The van der Waals surface area contributed by atoms with Gasteiger partial charge in [-0.1, -0.05) is 36.4 Å². The molecule has 0 aliphatic carbocycles. The summed E-state index contributed by atoms with van der Waals surface area (Å²) in [5, 5.41) is 12.3. The minimum absolute atomic E-state index is 0.233. The van der Waals surface area contributed by atoms with Crippen LogP contribution in [0.25, 0.3) is 0 Å². The smallest absolute Gasteiger partial charge is 0.0820 e. The highest BCUT2D eigenvalue weighted by molar-refractivity contribution is 7.09. The van der Waals surface area contributed by atoms with E-state index in [4.69, 9.17) is 5.73 Å². The van der Waals surface area contributed by atoms with Crippen LogP contribution in [0.1, 0.15) is 10.4 Å². The SMILES string of the molecule is CN(Cc1cccs1)CC(O)C(N)Cc1ccccc1. The third kappa shape index (κ3) is 4.72. The molecule has 0 amide bonds. The summed E-state index contributed by atoms with van der Waals surface area (Å²) in [6.45, 7) is 1.44. The number of benzene rings is 1. The van der Waals surface area contributed by atoms with Crippen molar-refractivity contribution in [1.82, 2.24) is 4.90 Å². The van der Waals surface area contributed by atoms with E-state index in [9.17, 15) is 5.11 Å². The van der Waals surface area contributed by atoms with Crippen molar-refractivity contribution < 1.29 is 5.11 Å². The normalized spacial score (nSPS) is 14.4. The second-order valence-electron chi connectivity index (χ2n) is 5.20. The Kier molecular flexibility index (Phi) is 5.73.